The Kier molecular flexibility index (Phi) is 3.73. The van der Waals surface area contributed by atoms with E-state index in [1.165, 1.54) is 0 Å². The Balaban J connectivity index is 1.85. The average molecular weight is 241 g/mol. The minimum atomic E-state index is -0.312. The standard InChI is InChI=1S/C13H23NO3/c1-10(15)11-4-7-14(9-11)12(16)8-13(17-2)5-3-6-13/h10-11,15H,3-9H2,1-2H3. The Hall–Kier alpha value is -0.610. The van der Waals surface area contributed by atoms with Gasteiger partial charge in [-0.3, -0.25) is 4.79 Å². The number of nitrogens with zero attached hydrogens (tertiary/aromatic N) is 1. The van der Waals surface area contributed by atoms with Crippen LogP contribution in [-0.4, -0.2) is 47.8 Å². The summed E-state index contributed by atoms with van der Waals surface area (Å²) in [6.45, 7) is 3.30. The molecule has 2 atom stereocenters. The SMILES string of the molecule is COC1(CC(=O)N2CCC(C(C)O)C2)CCC1. The molecule has 1 saturated heterocycles. The van der Waals surface area contributed by atoms with Gasteiger partial charge >= 0.3 is 0 Å². The lowest BCUT2D eigenvalue weighted by Crippen LogP contribution is -2.44. The summed E-state index contributed by atoms with van der Waals surface area (Å²) in [5.41, 5.74) is -0.181. The van der Waals surface area contributed by atoms with Gasteiger partial charge in [-0.2, -0.15) is 0 Å². The zero-order valence-corrected chi connectivity index (χ0v) is 10.8. The molecule has 1 aliphatic heterocycles. The van der Waals surface area contributed by atoms with Gasteiger partial charge in [0.1, 0.15) is 0 Å². The molecule has 0 aromatic carbocycles. The monoisotopic (exact) mass is 241 g/mol. The number of likely N-dealkylation sites (tertiary alicyclic amines) is 1. The van der Waals surface area contributed by atoms with Gasteiger partial charge in [-0.1, -0.05) is 0 Å². The van der Waals surface area contributed by atoms with Crippen LogP contribution in [0.25, 0.3) is 0 Å². The highest BCUT2D eigenvalue weighted by molar-refractivity contribution is 5.77. The quantitative estimate of drug-likeness (QED) is 0.804. The van der Waals surface area contributed by atoms with Gasteiger partial charge in [-0.05, 0) is 32.6 Å². The molecule has 4 nitrogen and oxygen atoms in total. The summed E-state index contributed by atoms with van der Waals surface area (Å²) in [5.74, 6) is 0.438. The van der Waals surface area contributed by atoms with Crippen LogP contribution in [-0.2, 0) is 9.53 Å². The number of carbonyl (C=O) groups is 1. The van der Waals surface area contributed by atoms with Gasteiger partial charge in [0.15, 0.2) is 0 Å². The summed E-state index contributed by atoms with van der Waals surface area (Å²) in [4.78, 5) is 14.0. The topological polar surface area (TPSA) is 49.8 Å². The van der Waals surface area contributed by atoms with E-state index in [1.807, 2.05) is 4.90 Å². The highest BCUT2D eigenvalue weighted by atomic mass is 16.5. The highest BCUT2D eigenvalue weighted by Crippen LogP contribution is 2.38. The van der Waals surface area contributed by atoms with Gasteiger partial charge < -0.3 is 14.7 Å². The number of amides is 1. The van der Waals surface area contributed by atoms with E-state index in [0.29, 0.717) is 13.0 Å². The molecule has 1 heterocycles. The van der Waals surface area contributed by atoms with Gasteiger partial charge in [-0.15, -0.1) is 0 Å². The van der Waals surface area contributed by atoms with Crippen LogP contribution in [0.3, 0.4) is 0 Å². The molecule has 2 rings (SSSR count). The molecule has 0 radical (unpaired) electrons. The molecule has 1 saturated carbocycles. The summed E-state index contributed by atoms with van der Waals surface area (Å²) < 4.78 is 5.48. The van der Waals surface area contributed by atoms with Crippen molar-refractivity contribution in [2.75, 3.05) is 20.2 Å². The maximum absolute atomic E-state index is 12.1. The van der Waals surface area contributed by atoms with Crippen molar-refractivity contribution in [1.29, 1.82) is 0 Å². The molecule has 2 fully saturated rings. The van der Waals surface area contributed by atoms with Crippen molar-refractivity contribution in [1.82, 2.24) is 4.90 Å². The van der Waals surface area contributed by atoms with E-state index in [9.17, 15) is 9.90 Å². The fourth-order valence-corrected chi connectivity index (χ4v) is 2.82. The summed E-state index contributed by atoms with van der Waals surface area (Å²) in [5, 5.41) is 9.53. The molecule has 0 bridgehead atoms. The van der Waals surface area contributed by atoms with E-state index in [4.69, 9.17) is 4.74 Å². The third-order valence-corrected chi connectivity index (χ3v) is 4.43. The van der Waals surface area contributed by atoms with Crippen LogP contribution in [0.4, 0.5) is 0 Å². The van der Waals surface area contributed by atoms with Gasteiger partial charge in [0.2, 0.25) is 5.91 Å². The van der Waals surface area contributed by atoms with Gasteiger partial charge in [0.25, 0.3) is 0 Å². The molecule has 0 aromatic heterocycles. The number of ether oxygens (including phenoxy) is 1. The zero-order valence-electron chi connectivity index (χ0n) is 10.8. The van der Waals surface area contributed by atoms with Gasteiger partial charge in [0.05, 0.1) is 18.1 Å². The lowest BCUT2D eigenvalue weighted by Gasteiger charge is -2.40. The number of aliphatic hydroxyl groups excluding tert-OH is 1. The molecule has 0 aromatic rings. The van der Waals surface area contributed by atoms with E-state index >= 15 is 0 Å². The smallest absolute Gasteiger partial charge is 0.225 e. The van der Waals surface area contributed by atoms with Crippen LogP contribution < -0.4 is 0 Å². The molecule has 1 amide bonds. The summed E-state index contributed by atoms with van der Waals surface area (Å²) in [6, 6.07) is 0. The van der Waals surface area contributed by atoms with Crippen molar-refractivity contribution in [3.8, 4) is 0 Å². The number of aliphatic hydroxyl groups is 1. The summed E-state index contributed by atoms with van der Waals surface area (Å²) in [7, 11) is 1.70. The van der Waals surface area contributed by atoms with Crippen molar-refractivity contribution < 1.29 is 14.6 Å². The molecular formula is C13H23NO3. The summed E-state index contributed by atoms with van der Waals surface area (Å²) >= 11 is 0. The van der Waals surface area contributed by atoms with E-state index in [1.54, 1.807) is 14.0 Å². The Morgan fingerprint density at radius 2 is 2.29 bits per heavy atom. The number of hydrogen-bond acceptors (Lipinski definition) is 3. The minimum absolute atomic E-state index is 0.181. The molecule has 98 valence electrons. The van der Waals surface area contributed by atoms with Crippen LogP contribution in [0, 0.1) is 5.92 Å². The normalized spacial score (nSPS) is 28.9. The molecule has 1 aliphatic carbocycles. The number of rotatable bonds is 4. The highest BCUT2D eigenvalue weighted by Gasteiger charge is 2.41. The summed E-state index contributed by atoms with van der Waals surface area (Å²) in [6.07, 6.45) is 4.29. The van der Waals surface area contributed by atoms with E-state index in [-0.39, 0.29) is 23.5 Å². The lowest BCUT2D eigenvalue weighted by atomic mass is 9.77. The van der Waals surface area contributed by atoms with E-state index < -0.39 is 0 Å². The van der Waals surface area contributed by atoms with Crippen LogP contribution in [0.15, 0.2) is 0 Å². The second-order valence-electron chi connectivity index (χ2n) is 5.55. The first kappa shape index (κ1) is 12.8. The molecule has 2 unspecified atom stereocenters. The molecule has 4 heteroatoms. The lowest BCUT2D eigenvalue weighted by molar-refractivity contribution is -0.143. The first-order valence-corrected chi connectivity index (χ1v) is 6.57. The fraction of sp³-hybridized carbons (Fsp3) is 0.923. The average Bonchev–Trinajstić information content (AvgIpc) is 2.72. The van der Waals surface area contributed by atoms with Crippen LogP contribution in [0.2, 0.25) is 0 Å². The number of hydrogen-bond donors (Lipinski definition) is 1. The Morgan fingerprint density at radius 1 is 1.59 bits per heavy atom. The van der Waals surface area contributed by atoms with Crippen molar-refractivity contribution in [3.63, 3.8) is 0 Å². The zero-order chi connectivity index (χ0) is 12.5. The molecular weight excluding hydrogens is 218 g/mol. The van der Waals surface area contributed by atoms with Crippen LogP contribution in [0.5, 0.6) is 0 Å². The minimum Gasteiger partial charge on any atom is -0.393 e. The second-order valence-corrected chi connectivity index (χ2v) is 5.55. The Bertz CT molecular complexity index is 281. The molecule has 17 heavy (non-hydrogen) atoms. The van der Waals surface area contributed by atoms with Crippen LogP contribution in [0.1, 0.15) is 39.0 Å². The van der Waals surface area contributed by atoms with Gasteiger partial charge in [0, 0.05) is 26.1 Å². The number of methoxy groups -OCH3 is 1. The second kappa shape index (κ2) is 4.94. The molecule has 0 spiro atoms. The van der Waals surface area contributed by atoms with Crippen molar-refractivity contribution in [3.05, 3.63) is 0 Å². The van der Waals surface area contributed by atoms with Crippen molar-refractivity contribution >= 4 is 5.91 Å². The Morgan fingerprint density at radius 3 is 2.71 bits per heavy atom. The maximum atomic E-state index is 12.1. The third-order valence-electron chi connectivity index (χ3n) is 4.43. The number of carbonyl (C=O) groups excluding carboxylic acids is 1. The van der Waals surface area contributed by atoms with E-state index in [2.05, 4.69) is 0 Å². The third kappa shape index (κ3) is 2.63. The van der Waals surface area contributed by atoms with Crippen molar-refractivity contribution in [2.24, 2.45) is 5.92 Å². The largest absolute Gasteiger partial charge is 0.393 e. The van der Waals surface area contributed by atoms with E-state index in [0.717, 1.165) is 32.2 Å². The van der Waals surface area contributed by atoms with Crippen LogP contribution >= 0.6 is 0 Å². The maximum Gasteiger partial charge on any atom is 0.225 e. The molecule has 2 aliphatic rings. The predicted molar refractivity (Wildman–Crippen MR) is 64.6 cm³/mol. The van der Waals surface area contributed by atoms with Crippen molar-refractivity contribution in [2.45, 2.75) is 50.7 Å². The molecule has 1 N–H and O–H groups in total. The first-order chi connectivity index (χ1) is 8.06. The first-order valence-electron chi connectivity index (χ1n) is 6.57. The predicted octanol–water partition coefficient (Wildman–Crippen LogP) is 1.17. The Labute approximate surface area is 103 Å². The van der Waals surface area contributed by atoms with Gasteiger partial charge in [-0.25, -0.2) is 0 Å². The fourth-order valence-electron chi connectivity index (χ4n) is 2.82.